The standard InChI is InChI=1S/C11H13BrN4S/c1-17-11(4-5-11)7-13-10-14-9-8(12)3-2-6-16(9)15-10/h2-3,6H,4-5,7H2,1H3,(H,13,15). The number of fused-ring (bicyclic) bond motifs is 1. The van der Waals surface area contributed by atoms with Gasteiger partial charge in [0.15, 0.2) is 5.65 Å². The number of hydrogen-bond donors (Lipinski definition) is 1. The zero-order valence-electron chi connectivity index (χ0n) is 9.48. The molecule has 2 aromatic heterocycles. The number of hydrogen-bond acceptors (Lipinski definition) is 4. The van der Waals surface area contributed by atoms with Crippen molar-refractivity contribution >= 4 is 39.3 Å². The van der Waals surface area contributed by atoms with Gasteiger partial charge in [0.2, 0.25) is 5.95 Å². The molecule has 4 nitrogen and oxygen atoms in total. The summed E-state index contributed by atoms with van der Waals surface area (Å²) in [7, 11) is 0. The quantitative estimate of drug-likeness (QED) is 0.942. The van der Waals surface area contributed by atoms with Crippen LogP contribution in [0.2, 0.25) is 0 Å². The highest BCUT2D eigenvalue weighted by Crippen LogP contribution is 2.46. The predicted octanol–water partition coefficient (Wildman–Crippen LogP) is 2.80. The van der Waals surface area contributed by atoms with Gasteiger partial charge in [0.1, 0.15) is 0 Å². The predicted molar refractivity (Wildman–Crippen MR) is 74.7 cm³/mol. The maximum Gasteiger partial charge on any atom is 0.243 e. The molecular weight excluding hydrogens is 300 g/mol. The molecule has 0 unspecified atom stereocenters. The number of rotatable bonds is 4. The van der Waals surface area contributed by atoms with E-state index in [1.165, 1.54) is 12.8 Å². The van der Waals surface area contributed by atoms with Crippen molar-refractivity contribution in [3.8, 4) is 0 Å². The summed E-state index contributed by atoms with van der Waals surface area (Å²) in [6.45, 7) is 0.947. The minimum Gasteiger partial charge on any atom is -0.352 e. The lowest BCUT2D eigenvalue weighted by atomic mass is 10.4. The van der Waals surface area contributed by atoms with E-state index in [-0.39, 0.29) is 0 Å². The van der Waals surface area contributed by atoms with Crippen molar-refractivity contribution in [2.24, 2.45) is 0 Å². The molecule has 1 fully saturated rings. The Hall–Kier alpha value is -0.750. The topological polar surface area (TPSA) is 42.2 Å². The number of nitrogens with one attached hydrogen (secondary N) is 1. The van der Waals surface area contributed by atoms with E-state index in [0.717, 1.165) is 16.7 Å². The van der Waals surface area contributed by atoms with Gasteiger partial charge in [0.25, 0.3) is 0 Å². The van der Waals surface area contributed by atoms with Crippen LogP contribution in [0.25, 0.3) is 5.65 Å². The number of halogens is 1. The fraction of sp³-hybridized carbons (Fsp3) is 0.455. The molecule has 0 aliphatic heterocycles. The van der Waals surface area contributed by atoms with E-state index in [9.17, 15) is 0 Å². The second-order valence-electron chi connectivity index (χ2n) is 4.30. The summed E-state index contributed by atoms with van der Waals surface area (Å²) in [6, 6.07) is 3.91. The van der Waals surface area contributed by atoms with Crippen molar-refractivity contribution in [3.63, 3.8) is 0 Å². The van der Waals surface area contributed by atoms with Crippen molar-refractivity contribution in [3.05, 3.63) is 22.8 Å². The minimum atomic E-state index is 0.425. The van der Waals surface area contributed by atoms with Crippen molar-refractivity contribution in [2.45, 2.75) is 17.6 Å². The molecular formula is C11H13BrN4S. The van der Waals surface area contributed by atoms with Crippen LogP contribution in [0.3, 0.4) is 0 Å². The normalized spacial score (nSPS) is 17.3. The molecule has 2 aromatic rings. The molecule has 1 aliphatic carbocycles. The van der Waals surface area contributed by atoms with Crippen LogP contribution in [0.5, 0.6) is 0 Å². The highest BCUT2D eigenvalue weighted by atomic mass is 79.9. The highest BCUT2D eigenvalue weighted by Gasteiger charge is 2.41. The molecule has 6 heteroatoms. The maximum atomic E-state index is 4.46. The van der Waals surface area contributed by atoms with E-state index in [2.05, 4.69) is 37.6 Å². The minimum absolute atomic E-state index is 0.425. The van der Waals surface area contributed by atoms with Gasteiger partial charge in [-0.25, -0.2) is 4.52 Å². The van der Waals surface area contributed by atoms with E-state index >= 15 is 0 Å². The van der Waals surface area contributed by atoms with Crippen LogP contribution in [0.15, 0.2) is 22.8 Å². The second-order valence-corrected chi connectivity index (χ2v) is 6.43. The molecule has 3 rings (SSSR count). The Balaban J connectivity index is 1.79. The average Bonchev–Trinajstić information content (AvgIpc) is 3.00. The van der Waals surface area contributed by atoms with E-state index in [0.29, 0.717) is 10.7 Å². The Labute approximate surface area is 112 Å². The fourth-order valence-corrected chi connectivity index (χ4v) is 2.93. The van der Waals surface area contributed by atoms with Crippen LogP contribution in [0.1, 0.15) is 12.8 Å². The molecule has 0 bridgehead atoms. The number of nitrogens with zero attached hydrogens (tertiary/aromatic N) is 3. The summed E-state index contributed by atoms with van der Waals surface area (Å²) < 4.78 is 3.17. The van der Waals surface area contributed by atoms with Gasteiger partial charge >= 0.3 is 0 Å². The van der Waals surface area contributed by atoms with E-state index < -0.39 is 0 Å². The lowest BCUT2D eigenvalue weighted by molar-refractivity contribution is 0.908. The fourth-order valence-electron chi connectivity index (χ4n) is 1.78. The molecule has 1 aliphatic rings. The number of anilines is 1. The summed E-state index contributed by atoms with van der Waals surface area (Å²) in [6.07, 6.45) is 6.65. The van der Waals surface area contributed by atoms with Gasteiger partial charge in [-0.05, 0) is 47.2 Å². The van der Waals surface area contributed by atoms with E-state index in [1.54, 1.807) is 4.52 Å². The van der Waals surface area contributed by atoms with Crippen molar-refractivity contribution < 1.29 is 0 Å². The maximum absolute atomic E-state index is 4.46. The van der Waals surface area contributed by atoms with Gasteiger partial charge in [0, 0.05) is 17.5 Å². The molecule has 90 valence electrons. The molecule has 0 radical (unpaired) electrons. The van der Waals surface area contributed by atoms with Gasteiger partial charge in [-0.2, -0.15) is 16.7 Å². The summed E-state index contributed by atoms with van der Waals surface area (Å²) in [5, 5.41) is 7.72. The molecule has 0 aromatic carbocycles. The van der Waals surface area contributed by atoms with Gasteiger partial charge < -0.3 is 5.32 Å². The SMILES string of the molecule is CSC1(CNc2nc3c(Br)cccn3n2)CC1. The lowest BCUT2D eigenvalue weighted by Crippen LogP contribution is -2.18. The second kappa shape index (κ2) is 4.17. The van der Waals surface area contributed by atoms with Crippen LogP contribution in [-0.4, -0.2) is 32.1 Å². The van der Waals surface area contributed by atoms with Gasteiger partial charge in [-0.1, -0.05) is 0 Å². The Morgan fingerprint density at radius 2 is 2.41 bits per heavy atom. The third kappa shape index (κ3) is 2.15. The van der Waals surface area contributed by atoms with Crippen LogP contribution < -0.4 is 5.32 Å². The third-order valence-electron chi connectivity index (χ3n) is 3.12. The van der Waals surface area contributed by atoms with Crippen LogP contribution in [-0.2, 0) is 0 Å². The smallest absolute Gasteiger partial charge is 0.243 e. The van der Waals surface area contributed by atoms with Crippen LogP contribution >= 0.6 is 27.7 Å². The molecule has 0 amide bonds. The van der Waals surface area contributed by atoms with Gasteiger partial charge in [-0.15, -0.1) is 5.10 Å². The van der Waals surface area contributed by atoms with Gasteiger partial charge in [0.05, 0.1) is 4.47 Å². The first-order valence-corrected chi connectivity index (χ1v) is 7.54. The third-order valence-corrected chi connectivity index (χ3v) is 5.16. The zero-order chi connectivity index (χ0) is 11.9. The summed E-state index contributed by atoms with van der Waals surface area (Å²) >= 11 is 5.40. The first-order valence-electron chi connectivity index (χ1n) is 5.52. The van der Waals surface area contributed by atoms with Crippen molar-refractivity contribution in [2.75, 3.05) is 18.1 Å². The summed E-state index contributed by atoms with van der Waals surface area (Å²) in [4.78, 5) is 4.46. The Bertz CT molecular complexity index is 549. The Morgan fingerprint density at radius 1 is 1.59 bits per heavy atom. The zero-order valence-corrected chi connectivity index (χ0v) is 11.9. The van der Waals surface area contributed by atoms with Crippen LogP contribution in [0.4, 0.5) is 5.95 Å². The molecule has 1 saturated carbocycles. The first-order chi connectivity index (χ1) is 8.22. The van der Waals surface area contributed by atoms with Crippen molar-refractivity contribution in [1.29, 1.82) is 0 Å². The molecule has 0 spiro atoms. The number of aromatic nitrogens is 3. The number of pyridine rings is 1. The van der Waals surface area contributed by atoms with Gasteiger partial charge in [-0.3, -0.25) is 0 Å². The summed E-state index contributed by atoms with van der Waals surface area (Å²) in [5.74, 6) is 0.706. The van der Waals surface area contributed by atoms with E-state index in [1.807, 2.05) is 30.1 Å². The average molecular weight is 313 g/mol. The molecule has 17 heavy (non-hydrogen) atoms. The molecule has 0 atom stereocenters. The molecule has 1 N–H and O–H groups in total. The molecule has 0 saturated heterocycles. The first kappa shape index (κ1) is 11.3. The Kier molecular flexibility index (Phi) is 2.78. The number of thioether (sulfide) groups is 1. The van der Waals surface area contributed by atoms with Crippen molar-refractivity contribution in [1.82, 2.24) is 14.6 Å². The largest absolute Gasteiger partial charge is 0.352 e. The molecule has 2 heterocycles. The monoisotopic (exact) mass is 312 g/mol. The van der Waals surface area contributed by atoms with E-state index in [4.69, 9.17) is 0 Å². The summed E-state index contributed by atoms with van der Waals surface area (Å²) in [5.41, 5.74) is 0.851. The van der Waals surface area contributed by atoms with Crippen LogP contribution in [0, 0.1) is 0 Å². The highest BCUT2D eigenvalue weighted by molar-refractivity contribution is 9.10. The Morgan fingerprint density at radius 3 is 3.06 bits per heavy atom. The lowest BCUT2D eigenvalue weighted by Gasteiger charge is -2.10.